The van der Waals surface area contributed by atoms with Crippen LogP contribution in [-0.4, -0.2) is 28.0 Å². The van der Waals surface area contributed by atoms with Crippen molar-refractivity contribution in [3.63, 3.8) is 0 Å². The molecule has 0 spiro atoms. The highest BCUT2D eigenvalue weighted by Crippen LogP contribution is 2.30. The van der Waals surface area contributed by atoms with E-state index in [-0.39, 0.29) is 0 Å². The van der Waals surface area contributed by atoms with E-state index in [0.29, 0.717) is 0 Å². The number of nitrogens with one attached hydrogen (secondary N) is 1. The first-order valence-electron chi connectivity index (χ1n) is 9.40. The molecule has 5 N–H and O–H groups in total. The summed E-state index contributed by atoms with van der Waals surface area (Å²) in [5.41, 5.74) is 15.3. The molecule has 2 aromatic heterocycles. The third-order valence-corrected chi connectivity index (χ3v) is 5.77. The van der Waals surface area contributed by atoms with E-state index in [1.165, 1.54) is 37.7 Å². The molecule has 144 valence electrons. The Morgan fingerprint density at radius 2 is 2.04 bits per heavy atom. The summed E-state index contributed by atoms with van der Waals surface area (Å²) in [6.45, 7) is 3.34. The Bertz CT molecular complexity index is 1020. The van der Waals surface area contributed by atoms with Crippen molar-refractivity contribution >= 4 is 38.1 Å². The number of nitrogens with two attached hydrogens (primary N) is 2. The fourth-order valence-corrected chi connectivity index (χ4v) is 4.37. The summed E-state index contributed by atoms with van der Waals surface area (Å²) in [4.78, 5) is 11.6. The molecule has 6 nitrogen and oxygen atoms in total. The average molecular weight is 393 g/mol. The zero-order valence-corrected chi connectivity index (χ0v) is 16.5. The third kappa shape index (κ3) is 4.16. The van der Waals surface area contributed by atoms with Crippen LogP contribution in [0.2, 0.25) is 0 Å². The smallest absolute Gasteiger partial charge is 0.189 e. The van der Waals surface area contributed by atoms with Crippen LogP contribution < -0.4 is 16.8 Å². The van der Waals surface area contributed by atoms with E-state index in [1.807, 2.05) is 18.3 Å². The van der Waals surface area contributed by atoms with Crippen molar-refractivity contribution < 1.29 is 0 Å². The molecule has 0 aliphatic carbocycles. The predicted molar refractivity (Wildman–Crippen MR) is 117 cm³/mol. The van der Waals surface area contributed by atoms with Gasteiger partial charge in [0.2, 0.25) is 0 Å². The zero-order valence-electron chi connectivity index (χ0n) is 15.6. The van der Waals surface area contributed by atoms with Crippen molar-refractivity contribution in [2.24, 2.45) is 11.5 Å². The van der Waals surface area contributed by atoms with Gasteiger partial charge in [-0.2, -0.15) is 0 Å². The molecule has 0 radical (unpaired) electrons. The van der Waals surface area contributed by atoms with Gasteiger partial charge in [-0.15, -0.1) is 0 Å². The minimum Gasteiger partial charge on any atom is -0.405 e. The van der Waals surface area contributed by atoms with Crippen molar-refractivity contribution in [2.45, 2.75) is 19.4 Å². The number of benzene rings is 1. The van der Waals surface area contributed by atoms with Gasteiger partial charge in [0.05, 0.1) is 10.2 Å². The highest BCUT2D eigenvalue weighted by Gasteiger charge is 2.12. The molecule has 0 bridgehead atoms. The molecule has 1 aliphatic rings. The lowest BCUT2D eigenvalue weighted by Gasteiger charge is -2.14. The molecule has 1 aromatic carbocycles. The number of thiazole rings is 1. The number of rotatable bonds is 6. The first kappa shape index (κ1) is 18.5. The summed E-state index contributed by atoms with van der Waals surface area (Å²) in [5.74, 6) is 0.824. The Hall–Kier alpha value is -2.90. The molecule has 1 fully saturated rings. The second kappa shape index (κ2) is 8.41. The second-order valence-electron chi connectivity index (χ2n) is 6.84. The van der Waals surface area contributed by atoms with Crippen LogP contribution in [0.15, 0.2) is 55.0 Å². The van der Waals surface area contributed by atoms with Crippen LogP contribution in [-0.2, 0) is 6.54 Å². The molecule has 0 unspecified atom stereocenters. The lowest BCUT2D eigenvalue weighted by atomic mass is 10.1. The highest BCUT2D eigenvalue weighted by atomic mass is 32.1. The monoisotopic (exact) mass is 392 g/mol. The van der Waals surface area contributed by atoms with Crippen LogP contribution in [0.5, 0.6) is 0 Å². The van der Waals surface area contributed by atoms with Gasteiger partial charge in [0.1, 0.15) is 5.82 Å². The maximum atomic E-state index is 5.71. The standard InChI is InChI=1S/C21H24N6S/c22-7-5-17(13-23)16-3-4-18-19(12-16)28-21(25-18)26-20-11-15(6-8-24-20)14-27-9-1-2-10-27/h3-8,11-13H,1-2,9-10,14,22-23H2,(H,24,25,26)/b7-5-,17-13+. The van der Waals surface area contributed by atoms with Gasteiger partial charge in [-0.05, 0) is 79.2 Å². The number of pyridine rings is 1. The normalized spacial score (nSPS) is 15.6. The van der Waals surface area contributed by atoms with Gasteiger partial charge >= 0.3 is 0 Å². The predicted octanol–water partition coefficient (Wildman–Crippen LogP) is 3.80. The van der Waals surface area contributed by atoms with Gasteiger partial charge in [0.15, 0.2) is 5.13 Å². The lowest BCUT2D eigenvalue weighted by Crippen LogP contribution is -2.18. The number of likely N-dealkylation sites (tertiary alicyclic amines) is 1. The third-order valence-electron chi connectivity index (χ3n) is 4.84. The van der Waals surface area contributed by atoms with Crippen molar-refractivity contribution in [1.29, 1.82) is 0 Å². The van der Waals surface area contributed by atoms with E-state index in [9.17, 15) is 0 Å². The van der Waals surface area contributed by atoms with Gasteiger partial charge in [-0.1, -0.05) is 17.4 Å². The van der Waals surface area contributed by atoms with Crippen LogP contribution >= 0.6 is 11.3 Å². The highest BCUT2D eigenvalue weighted by molar-refractivity contribution is 7.22. The van der Waals surface area contributed by atoms with Crippen LogP contribution in [0.3, 0.4) is 0 Å². The maximum absolute atomic E-state index is 5.71. The molecule has 0 amide bonds. The topological polar surface area (TPSA) is 93.1 Å². The summed E-state index contributed by atoms with van der Waals surface area (Å²) in [7, 11) is 0. The van der Waals surface area contributed by atoms with Gasteiger partial charge in [-0.3, -0.25) is 4.90 Å². The Morgan fingerprint density at radius 1 is 1.18 bits per heavy atom. The fourth-order valence-electron chi connectivity index (χ4n) is 3.46. The number of fused-ring (bicyclic) bond motifs is 1. The van der Waals surface area contributed by atoms with E-state index in [0.717, 1.165) is 38.8 Å². The number of hydrogen-bond acceptors (Lipinski definition) is 7. The molecule has 4 rings (SSSR count). The first-order chi connectivity index (χ1) is 13.7. The van der Waals surface area contributed by atoms with Crippen LogP contribution in [0.1, 0.15) is 24.0 Å². The summed E-state index contributed by atoms with van der Waals surface area (Å²) in [6.07, 6.45) is 9.29. The van der Waals surface area contributed by atoms with Gasteiger partial charge < -0.3 is 16.8 Å². The number of hydrogen-bond donors (Lipinski definition) is 3. The molecule has 1 saturated heterocycles. The SMILES string of the molecule is N/C=C\C(=C/N)c1ccc2nc(Nc3cc(CN4CCCC4)ccn3)sc2c1. The summed E-state index contributed by atoms with van der Waals surface area (Å²) in [6, 6.07) is 10.3. The van der Waals surface area contributed by atoms with Crippen molar-refractivity contribution in [2.75, 3.05) is 18.4 Å². The Balaban J connectivity index is 1.53. The summed E-state index contributed by atoms with van der Waals surface area (Å²) < 4.78 is 1.08. The summed E-state index contributed by atoms with van der Waals surface area (Å²) >= 11 is 1.60. The van der Waals surface area contributed by atoms with Crippen LogP contribution in [0.25, 0.3) is 15.8 Å². The van der Waals surface area contributed by atoms with Gasteiger partial charge in [-0.25, -0.2) is 9.97 Å². The van der Waals surface area contributed by atoms with E-state index in [4.69, 9.17) is 11.5 Å². The van der Waals surface area contributed by atoms with Crippen LogP contribution in [0.4, 0.5) is 10.9 Å². The maximum Gasteiger partial charge on any atom is 0.189 e. The first-order valence-corrected chi connectivity index (χ1v) is 10.2. The Kier molecular flexibility index (Phi) is 5.55. The quantitative estimate of drug-likeness (QED) is 0.553. The number of nitrogens with zero attached hydrogens (tertiary/aromatic N) is 3. The minimum absolute atomic E-state index is 0.824. The Labute approximate surface area is 168 Å². The van der Waals surface area contributed by atoms with E-state index >= 15 is 0 Å². The summed E-state index contributed by atoms with van der Waals surface area (Å²) in [5, 5.41) is 4.18. The molecule has 0 saturated carbocycles. The largest absolute Gasteiger partial charge is 0.405 e. The molecular weight excluding hydrogens is 368 g/mol. The molecule has 3 heterocycles. The van der Waals surface area contributed by atoms with Gasteiger partial charge in [0, 0.05) is 18.9 Å². The van der Waals surface area contributed by atoms with Crippen molar-refractivity contribution in [1.82, 2.24) is 14.9 Å². The zero-order chi connectivity index (χ0) is 19.3. The van der Waals surface area contributed by atoms with Crippen molar-refractivity contribution in [3.8, 4) is 0 Å². The Morgan fingerprint density at radius 3 is 2.82 bits per heavy atom. The van der Waals surface area contributed by atoms with E-state index in [2.05, 4.69) is 38.4 Å². The minimum atomic E-state index is 0.824. The number of aromatic nitrogens is 2. The molecule has 7 heteroatoms. The number of allylic oxidation sites excluding steroid dienone is 2. The second-order valence-corrected chi connectivity index (χ2v) is 7.87. The molecule has 0 atom stereocenters. The van der Waals surface area contributed by atoms with Crippen molar-refractivity contribution in [3.05, 3.63) is 66.1 Å². The molecule has 28 heavy (non-hydrogen) atoms. The molecule has 3 aromatic rings. The van der Waals surface area contributed by atoms with Gasteiger partial charge in [0.25, 0.3) is 0 Å². The van der Waals surface area contributed by atoms with Crippen LogP contribution in [0, 0.1) is 0 Å². The number of anilines is 2. The fraction of sp³-hybridized carbons (Fsp3) is 0.238. The average Bonchev–Trinajstić information content (AvgIpc) is 3.35. The molecular formula is C21H24N6S. The van der Waals surface area contributed by atoms with E-state index in [1.54, 1.807) is 23.6 Å². The molecule has 1 aliphatic heterocycles. The lowest BCUT2D eigenvalue weighted by molar-refractivity contribution is 0.331. The van der Waals surface area contributed by atoms with E-state index < -0.39 is 0 Å².